The van der Waals surface area contributed by atoms with Gasteiger partial charge in [-0.05, 0) is 55.9 Å². The number of hydrogen-bond acceptors (Lipinski definition) is 4. The second-order valence-corrected chi connectivity index (χ2v) is 6.77. The van der Waals surface area contributed by atoms with E-state index >= 15 is 0 Å². The highest BCUT2D eigenvalue weighted by molar-refractivity contribution is 7.80. The summed E-state index contributed by atoms with van der Waals surface area (Å²) in [6, 6.07) is 11.5. The van der Waals surface area contributed by atoms with E-state index in [1.165, 1.54) is 9.78 Å². The number of aryl methyl sites for hydroxylation is 1. The van der Waals surface area contributed by atoms with Gasteiger partial charge in [-0.3, -0.25) is 4.79 Å². The number of hydrogen-bond donors (Lipinski definition) is 1. The van der Waals surface area contributed by atoms with Crippen molar-refractivity contribution in [1.29, 1.82) is 0 Å². The van der Waals surface area contributed by atoms with Crippen molar-refractivity contribution in [1.82, 2.24) is 5.32 Å². The molecule has 0 atom stereocenters. The first-order valence-corrected chi connectivity index (χ1v) is 9.04. The van der Waals surface area contributed by atoms with E-state index in [1.807, 2.05) is 43.3 Å². The van der Waals surface area contributed by atoms with E-state index < -0.39 is 0 Å². The molecule has 6 heteroatoms. The predicted molar refractivity (Wildman–Crippen MR) is 103 cm³/mol. The molecule has 3 rings (SSSR count). The van der Waals surface area contributed by atoms with Crippen LogP contribution in [0, 0.1) is 0 Å². The second kappa shape index (κ2) is 7.15. The summed E-state index contributed by atoms with van der Waals surface area (Å²) in [5.74, 6) is 0.474. The van der Waals surface area contributed by atoms with Crippen molar-refractivity contribution >= 4 is 46.3 Å². The lowest BCUT2D eigenvalue weighted by molar-refractivity contribution is -0.113. The van der Waals surface area contributed by atoms with E-state index in [9.17, 15) is 4.79 Å². The highest BCUT2D eigenvalue weighted by atomic mass is 32.1. The van der Waals surface area contributed by atoms with Gasteiger partial charge >= 0.3 is 0 Å². The molecule has 1 aliphatic heterocycles. The molecule has 1 aromatic heterocycles. The molecule has 1 aromatic carbocycles. The zero-order chi connectivity index (χ0) is 17.1. The first-order valence-electron chi connectivity index (χ1n) is 7.81. The Kier molecular flexibility index (Phi) is 4.97. The van der Waals surface area contributed by atoms with E-state index in [0.717, 1.165) is 11.3 Å². The number of carbonyl (C=O) groups is 1. The van der Waals surface area contributed by atoms with Crippen LogP contribution in [0.5, 0.6) is 5.75 Å². The maximum absolute atomic E-state index is 12.8. The summed E-state index contributed by atoms with van der Waals surface area (Å²) in [5.41, 5.74) is 1.14. The maximum Gasteiger partial charge on any atom is 0.281 e. The molecule has 124 valence electrons. The van der Waals surface area contributed by atoms with Gasteiger partial charge in [0.05, 0.1) is 12.3 Å². The topological polar surface area (TPSA) is 41.6 Å². The Labute approximate surface area is 150 Å². The summed E-state index contributed by atoms with van der Waals surface area (Å²) >= 11 is 7.04. The Morgan fingerprint density at radius 1 is 1.25 bits per heavy atom. The number of benzene rings is 1. The molecular weight excluding hydrogens is 340 g/mol. The van der Waals surface area contributed by atoms with Gasteiger partial charge in [-0.15, -0.1) is 11.3 Å². The third-order valence-electron chi connectivity index (χ3n) is 3.60. The molecule has 0 bridgehead atoms. The lowest BCUT2D eigenvalue weighted by atomic mass is 10.2. The number of carbonyl (C=O) groups excluding carboxylic acids is 1. The van der Waals surface area contributed by atoms with Crippen LogP contribution in [0.15, 0.2) is 42.1 Å². The minimum Gasteiger partial charge on any atom is -0.492 e. The third kappa shape index (κ3) is 3.20. The number of nitrogens with zero attached hydrogens (tertiary/aromatic N) is 1. The number of thiocarbonyl (C=S) groups is 1. The van der Waals surface area contributed by atoms with Gasteiger partial charge in [0.15, 0.2) is 5.11 Å². The lowest BCUT2D eigenvalue weighted by Gasteiger charge is -2.17. The Balaban J connectivity index is 1.92. The number of ether oxygens (including phenoxy) is 1. The molecule has 0 unspecified atom stereocenters. The monoisotopic (exact) mass is 358 g/mol. The minimum absolute atomic E-state index is 0.168. The van der Waals surface area contributed by atoms with E-state index in [2.05, 4.69) is 18.3 Å². The summed E-state index contributed by atoms with van der Waals surface area (Å²) < 4.78 is 5.62. The molecule has 0 spiro atoms. The van der Waals surface area contributed by atoms with E-state index in [4.69, 9.17) is 17.0 Å². The van der Waals surface area contributed by atoms with Gasteiger partial charge in [0, 0.05) is 9.75 Å². The molecule has 1 N–H and O–H groups in total. The molecule has 2 aromatic rings. The zero-order valence-electron chi connectivity index (χ0n) is 13.5. The van der Waals surface area contributed by atoms with Crippen molar-refractivity contribution in [2.45, 2.75) is 20.3 Å². The van der Waals surface area contributed by atoms with Crippen LogP contribution >= 0.6 is 23.6 Å². The standard InChI is InChI=1S/C18H18N2O2S2/c1-3-12-9-10-13(24-12)11-14-17(21)20(18(23)19-14)15-7-5-6-8-16(15)22-4-2/h5-11H,3-4H2,1-2H3,(H,19,23)/b14-11-. The summed E-state index contributed by atoms with van der Waals surface area (Å²) in [4.78, 5) is 16.6. The van der Waals surface area contributed by atoms with Gasteiger partial charge in [0.1, 0.15) is 11.4 Å². The predicted octanol–water partition coefficient (Wildman–Crippen LogP) is 3.97. The van der Waals surface area contributed by atoms with Crippen LogP contribution in [0.25, 0.3) is 6.08 Å². The number of thiophene rings is 1. The zero-order valence-corrected chi connectivity index (χ0v) is 15.2. The number of amides is 1. The molecule has 4 nitrogen and oxygen atoms in total. The van der Waals surface area contributed by atoms with E-state index in [-0.39, 0.29) is 5.91 Å². The fourth-order valence-electron chi connectivity index (χ4n) is 2.48. The highest BCUT2D eigenvalue weighted by Crippen LogP contribution is 2.32. The average Bonchev–Trinajstić information content (AvgIpc) is 3.14. The largest absolute Gasteiger partial charge is 0.492 e. The smallest absolute Gasteiger partial charge is 0.281 e. The normalized spacial score (nSPS) is 15.9. The Bertz CT molecular complexity index is 811. The molecule has 1 aliphatic rings. The van der Waals surface area contributed by atoms with Crippen molar-refractivity contribution in [3.05, 3.63) is 51.8 Å². The quantitative estimate of drug-likeness (QED) is 0.649. The molecule has 0 aliphatic carbocycles. The summed E-state index contributed by atoms with van der Waals surface area (Å²) in [6.45, 7) is 4.55. The lowest BCUT2D eigenvalue weighted by Crippen LogP contribution is -2.30. The van der Waals surface area contributed by atoms with Crippen molar-refractivity contribution < 1.29 is 9.53 Å². The Hall–Kier alpha value is -2.18. The van der Waals surface area contributed by atoms with Crippen molar-refractivity contribution in [3.63, 3.8) is 0 Å². The minimum atomic E-state index is -0.168. The van der Waals surface area contributed by atoms with Gasteiger partial charge in [0.25, 0.3) is 5.91 Å². The Morgan fingerprint density at radius 3 is 2.75 bits per heavy atom. The van der Waals surface area contributed by atoms with E-state index in [0.29, 0.717) is 28.9 Å². The molecule has 1 amide bonds. The molecule has 1 saturated heterocycles. The van der Waals surface area contributed by atoms with E-state index in [1.54, 1.807) is 11.3 Å². The van der Waals surface area contributed by atoms with Gasteiger partial charge in [-0.1, -0.05) is 19.1 Å². The molecule has 1 fully saturated rings. The number of anilines is 1. The van der Waals surface area contributed by atoms with Crippen molar-refractivity contribution in [3.8, 4) is 5.75 Å². The van der Waals surface area contributed by atoms with Crippen LogP contribution < -0.4 is 15.0 Å². The third-order valence-corrected chi connectivity index (χ3v) is 5.06. The number of rotatable bonds is 5. The van der Waals surface area contributed by atoms with Crippen LogP contribution in [0.1, 0.15) is 23.6 Å². The first kappa shape index (κ1) is 16.7. The molecule has 24 heavy (non-hydrogen) atoms. The van der Waals surface area contributed by atoms with Gasteiger partial charge in [0.2, 0.25) is 0 Å². The number of para-hydroxylation sites is 2. The maximum atomic E-state index is 12.8. The highest BCUT2D eigenvalue weighted by Gasteiger charge is 2.33. The van der Waals surface area contributed by atoms with Crippen molar-refractivity contribution in [2.24, 2.45) is 0 Å². The van der Waals surface area contributed by atoms with Crippen LogP contribution in [0.4, 0.5) is 5.69 Å². The van der Waals surface area contributed by atoms with Crippen LogP contribution in [0.3, 0.4) is 0 Å². The van der Waals surface area contributed by atoms with Crippen LogP contribution in [-0.2, 0) is 11.2 Å². The fraction of sp³-hybridized carbons (Fsp3) is 0.222. The molecule has 0 saturated carbocycles. The summed E-state index contributed by atoms with van der Waals surface area (Å²) in [6.07, 6.45) is 2.84. The summed E-state index contributed by atoms with van der Waals surface area (Å²) in [7, 11) is 0. The SMILES string of the molecule is CCOc1ccccc1N1C(=O)/C(=C/c2ccc(CC)s2)NC1=S. The van der Waals surface area contributed by atoms with Crippen LogP contribution in [0.2, 0.25) is 0 Å². The summed E-state index contributed by atoms with van der Waals surface area (Å²) in [5, 5.41) is 3.38. The van der Waals surface area contributed by atoms with Gasteiger partial charge in [-0.2, -0.15) is 0 Å². The van der Waals surface area contributed by atoms with Crippen molar-refractivity contribution in [2.75, 3.05) is 11.5 Å². The average molecular weight is 358 g/mol. The molecular formula is C18H18N2O2S2. The first-order chi connectivity index (χ1) is 11.6. The Morgan fingerprint density at radius 2 is 2.04 bits per heavy atom. The fourth-order valence-corrected chi connectivity index (χ4v) is 3.66. The second-order valence-electron chi connectivity index (χ2n) is 5.19. The molecule has 0 radical (unpaired) electrons. The van der Waals surface area contributed by atoms with Gasteiger partial charge < -0.3 is 10.1 Å². The van der Waals surface area contributed by atoms with Crippen LogP contribution in [-0.4, -0.2) is 17.6 Å². The number of nitrogens with one attached hydrogen (secondary N) is 1. The van der Waals surface area contributed by atoms with Gasteiger partial charge in [-0.25, -0.2) is 4.90 Å². The molecule has 2 heterocycles.